The number of hydrogen-bond donors (Lipinski definition) is 1. The van der Waals surface area contributed by atoms with Crippen molar-refractivity contribution >= 4 is 5.97 Å². The van der Waals surface area contributed by atoms with E-state index in [-0.39, 0.29) is 5.97 Å². The Morgan fingerprint density at radius 2 is 2.06 bits per heavy atom. The highest BCUT2D eigenvalue weighted by molar-refractivity contribution is 5.80. The predicted octanol–water partition coefficient (Wildman–Crippen LogP) is 0.959. The molecule has 1 atom stereocenters. The van der Waals surface area contributed by atoms with Crippen LogP contribution in [0.25, 0.3) is 0 Å². The number of nitrogens with zero attached hydrogens (tertiary/aromatic N) is 2. The zero-order chi connectivity index (χ0) is 13.2. The molecule has 1 aromatic heterocycles. The van der Waals surface area contributed by atoms with Crippen LogP contribution in [-0.2, 0) is 16.1 Å². The van der Waals surface area contributed by atoms with E-state index in [1.807, 2.05) is 32.4 Å². The number of esters is 1. The quantitative estimate of drug-likeness (QED) is 0.795. The van der Waals surface area contributed by atoms with Crippen LogP contribution in [0.3, 0.4) is 0 Å². The van der Waals surface area contributed by atoms with Gasteiger partial charge < -0.3 is 10.1 Å². The molecule has 0 fully saturated rings. The van der Waals surface area contributed by atoms with Gasteiger partial charge in [0.1, 0.15) is 5.54 Å². The summed E-state index contributed by atoms with van der Waals surface area (Å²) in [4.78, 5) is 11.7. The fourth-order valence-electron chi connectivity index (χ4n) is 1.71. The summed E-state index contributed by atoms with van der Waals surface area (Å²) in [7, 11) is 3.14. The molecule has 0 amide bonds. The minimum absolute atomic E-state index is 0.287. The van der Waals surface area contributed by atoms with Crippen LogP contribution >= 0.6 is 0 Å². The lowest BCUT2D eigenvalue weighted by Gasteiger charge is -2.26. The molecule has 0 saturated carbocycles. The third kappa shape index (κ3) is 2.49. The Morgan fingerprint density at radius 3 is 2.41 bits per heavy atom. The highest BCUT2D eigenvalue weighted by atomic mass is 16.5. The van der Waals surface area contributed by atoms with Gasteiger partial charge in [0.05, 0.1) is 19.3 Å². The number of rotatable bonds is 4. The number of aromatic nitrogens is 2. The van der Waals surface area contributed by atoms with E-state index in [0.29, 0.717) is 6.54 Å². The molecule has 1 heterocycles. The molecule has 0 bridgehead atoms. The molecule has 1 N–H and O–H groups in total. The van der Waals surface area contributed by atoms with Crippen LogP contribution in [0.1, 0.15) is 23.9 Å². The molecule has 0 aliphatic heterocycles. The summed E-state index contributed by atoms with van der Waals surface area (Å²) in [6, 6.07) is 0. The molecule has 0 aliphatic carbocycles. The van der Waals surface area contributed by atoms with Crippen molar-refractivity contribution in [1.29, 1.82) is 0 Å². The molecule has 1 rings (SSSR count). The Morgan fingerprint density at radius 1 is 1.47 bits per heavy atom. The Bertz CT molecular complexity index is 426. The Labute approximate surface area is 102 Å². The fraction of sp³-hybridized carbons (Fsp3) is 0.667. The summed E-state index contributed by atoms with van der Waals surface area (Å²) < 4.78 is 6.66. The molecule has 0 saturated heterocycles. The van der Waals surface area contributed by atoms with Gasteiger partial charge in [0, 0.05) is 5.69 Å². The largest absolute Gasteiger partial charge is 0.468 e. The van der Waals surface area contributed by atoms with Crippen LogP contribution in [-0.4, -0.2) is 35.4 Å². The lowest BCUT2D eigenvalue weighted by Crippen LogP contribution is -2.51. The van der Waals surface area contributed by atoms with E-state index in [1.54, 1.807) is 7.05 Å². The number of nitrogens with one attached hydrogen (secondary N) is 1. The van der Waals surface area contributed by atoms with Crippen molar-refractivity contribution in [3.8, 4) is 0 Å². The topological polar surface area (TPSA) is 56.2 Å². The summed E-state index contributed by atoms with van der Waals surface area (Å²) in [6.45, 7) is 8.26. The fourth-order valence-corrected chi connectivity index (χ4v) is 1.71. The second-order valence-electron chi connectivity index (χ2n) is 4.53. The van der Waals surface area contributed by atoms with Crippen LogP contribution in [0, 0.1) is 20.8 Å². The van der Waals surface area contributed by atoms with Gasteiger partial charge in [0.2, 0.25) is 0 Å². The molecule has 96 valence electrons. The van der Waals surface area contributed by atoms with Gasteiger partial charge in [0.15, 0.2) is 0 Å². The zero-order valence-electron chi connectivity index (χ0n) is 11.4. The number of carbonyl (C=O) groups excluding carboxylic acids is 1. The smallest absolute Gasteiger partial charge is 0.327 e. The monoisotopic (exact) mass is 239 g/mol. The summed E-state index contributed by atoms with van der Waals surface area (Å²) >= 11 is 0. The molecule has 0 radical (unpaired) electrons. The third-order valence-corrected chi connectivity index (χ3v) is 3.40. The van der Waals surface area contributed by atoms with Crippen LogP contribution in [0.15, 0.2) is 0 Å². The highest BCUT2D eigenvalue weighted by Gasteiger charge is 2.34. The van der Waals surface area contributed by atoms with E-state index in [9.17, 15) is 4.79 Å². The first kappa shape index (κ1) is 13.7. The van der Waals surface area contributed by atoms with Crippen molar-refractivity contribution in [2.45, 2.75) is 39.8 Å². The Hall–Kier alpha value is -1.36. The lowest BCUT2D eigenvalue weighted by molar-refractivity contribution is -0.148. The van der Waals surface area contributed by atoms with E-state index in [2.05, 4.69) is 10.4 Å². The van der Waals surface area contributed by atoms with E-state index < -0.39 is 5.54 Å². The Kier molecular flexibility index (Phi) is 3.93. The maximum atomic E-state index is 11.7. The molecule has 0 aromatic carbocycles. The van der Waals surface area contributed by atoms with Crippen molar-refractivity contribution in [3.63, 3.8) is 0 Å². The van der Waals surface area contributed by atoms with E-state index in [1.165, 1.54) is 7.11 Å². The van der Waals surface area contributed by atoms with Crippen molar-refractivity contribution < 1.29 is 9.53 Å². The van der Waals surface area contributed by atoms with Gasteiger partial charge in [-0.25, -0.2) is 4.79 Å². The number of aryl methyl sites for hydroxylation is 1. The number of likely N-dealkylation sites (N-methyl/N-ethyl adjacent to an activating group) is 1. The van der Waals surface area contributed by atoms with Crippen molar-refractivity contribution in [2.75, 3.05) is 14.2 Å². The molecule has 17 heavy (non-hydrogen) atoms. The molecular formula is C12H21N3O2. The zero-order valence-corrected chi connectivity index (χ0v) is 11.4. The Balaban J connectivity index is 3.03. The van der Waals surface area contributed by atoms with Gasteiger partial charge in [-0.15, -0.1) is 0 Å². The van der Waals surface area contributed by atoms with E-state index in [4.69, 9.17) is 4.74 Å². The van der Waals surface area contributed by atoms with Crippen molar-refractivity contribution in [3.05, 3.63) is 17.0 Å². The standard InChI is InChI=1S/C12H21N3O2/c1-8-9(2)14-15(10(8)3)7-12(4,13-5)11(16)17-6/h13H,7H2,1-6H3. The average Bonchev–Trinajstić information content (AvgIpc) is 2.55. The maximum Gasteiger partial charge on any atom is 0.327 e. The normalized spacial score (nSPS) is 14.5. The van der Waals surface area contributed by atoms with Crippen LogP contribution in [0.2, 0.25) is 0 Å². The molecule has 0 aliphatic rings. The van der Waals surface area contributed by atoms with Gasteiger partial charge in [-0.05, 0) is 40.3 Å². The number of carbonyl (C=O) groups is 1. The summed E-state index contributed by atoms with van der Waals surface area (Å²) in [5.41, 5.74) is 2.47. The third-order valence-electron chi connectivity index (χ3n) is 3.40. The number of hydrogen-bond acceptors (Lipinski definition) is 4. The van der Waals surface area contributed by atoms with Gasteiger partial charge in [0.25, 0.3) is 0 Å². The van der Waals surface area contributed by atoms with Crippen LogP contribution < -0.4 is 5.32 Å². The average molecular weight is 239 g/mol. The SMILES string of the molecule is CNC(C)(Cn1nc(C)c(C)c1C)C(=O)OC. The predicted molar refractivity (Wildman–Crippen MR) is 65.9 cm³/mol. The molecule has 5 heteroatoms. The molecule has 1 aromatic rings. The minimum Gasteiger partial charge on any atom is -0.468 e. The molecular weight excluding hydrogens is 218 g/mol. The minimum atomic E-state index is -0.760. The molecule has 1 unspecified atom stereocenters. The van der Waals surface area contributed by atoms with Gasteiger partial charge >= 0.3 is 5.97 Å². The van der Waals surface area contributed by atoms with Crippen molar-refractivity contribution in [1.82, 2.24) is 15.1 Å². The highest BCUT2D eigenvalue weighted by Crippen LogP contribution is 2.15. The lowest BCUT2D eigenvalue weighted by atomic mass is 10.0. The summed E-state index contributed by atoms with van der Waals surface area (Å²) in [6.07, 6.45) is 0. The van der Waals surface area contributed by atoms with Crippen molar-refractivity contribution in [2.24, 2.45) is 0 Å². The van der Waals surface area contributed by atoms with E-state index >= 15 is 0 Å². The second-order valence-corrected chi connectivity index (χ2v) is 4.53. The summed E-state index contributed by atoms with van der Waals surface area (Å²) in [5, 5.41) is 7.43. The van der Waals surface area contributed by atoms with Gasteiger partial charge in [-0.2, -0.15) is 5.10 Å². The first-order valence-corrected chi connectivity index (χ1v) is 5.63. The van der Waals surface area contributed by atoms with E-state index in [0.717, 1.165) is 17.0 Å². The molecule has 0 spiro atoms. The van der Waals surface area contributed by atoms with Gasteiger partial charge in [-0.3, -0.25) is 4.68 Å². The van der Waals surface area contributed by atoms with Gasteiger partial charge in [-0.1, -0.05) is 0 Å². The maximum absolute atomic E-state index is 11.7. The summed E-state index contributed by atoms with van der Waals surface area (Å²) in [5.74, 6) is -0.287. The number of methoxy groups -OCH3 is 1. The first-order valence-electron chi connectivity index (χ1n) is 5.63. The first-order chi connectivity index (χ1) is 7.85. The second kappa shape index (κ2) is 4.87. The number of ether oxygens (including phenoxy) is 1. The van der Waals surface area contributed by atoms with Crippen LogP contribution in [0.4, 0.5) is 0 Å². The van der Waals surface area contributed by atoms with Crippen LogP contribution in [0.5, 0.6) is 0 Å². The molecule has 5 nitrogen and oxygen atoms in total.